The van der Waals surface area contributed by atoms with Gasteiger partial charge in [0.05, 0.1) is 16.6 Å². The first-order valence-corrected chi connectivity index (χ1v) is 11.3. The van der Waals surface area contributed by atoms with Crippen LogP contribution in [0.3, 0.4) is 0 Å². The number of halogens is 5. The van der Waals surface area contributed by atoms with Crippen LogP contribution in [0.25, 0.3) is 6.08 Å². The molecule has 3 aromatic carbocycles. The van der Waals surface area contributed by atoms with Crippen LogP contribution in [0.1, 0.15) is 23.6 Å². The smallest absolute Gasteiger partial charge is 0.416 e. The largest absolute Gasteiger partial charge is 0.490 e. The molecule has 0 aliphatic heterocycles. The van der Waals surface area contributed by atoms with Gasteiger partial charge in [-0.3, -0.25) is 4.79 Å². The lowest BCUT2D eigenvalue weighted by Crippen LogP contribution is -2.10. The van der Waals surface area contributed by atoms with Crippen LogP contribution in [0, 0.1) is 0 Å². The molecule has 3 rings (SSSR count). The molecule has 0 saturated heterocycles. The summed E-state index contributed by atoms with van der Waals surface area (Å²) >= 11 is 9.66. The van der Waals surface area contributed by atoms with E-state index in [4.69, 9.17) is 21.1 Å². The quantitative estimate of drug-likeness (QED) is 0.290. The fourth-order valence-electron chi connectivity index (χ4n) is 2.98. The molecule has 0 radical (unpaired) electrons. The third-order valence-corrected chi connectivity index (χ3v) is 5.50. The Labute approximate surface area is 208 Å². The van der Waals surface area contributed by atoms with Crippen molar-refractivity contribution in [2.24, 2.45) is 0 Å². The number of alkyl halides is 3. The van der Waals surface area contributed by atoms with E-state index >= 15 is 0 Å². The van der Waals surface area contributed by atoms with Gasteiger partial charge in [-0.1, -0.05) is 35.9 Å². The summed E-state index contributed by atoms with van der Waals surface area (Å²) in [6.45, 7) is 2.45. The van der Waals surface area contributed by atoms with E-state index in [0.717, 1.165) is 17.7 Å². The second-order valence-corrected chi connectivity index (χ2v) is 8.31. The highest BCUT2D eigenvalue weighted by Gasteiger charge is 2.30. The molecular formula is C25H20BrClF3NO3. The SMILES string of the molecule is CCOc1cc(/C=C/C(=O)Nc2cccc(C(F)(F)F)c2)cc(Br)c1OCc1ccccc1Cl. The molecule has 0 bridgehead atoms. The summed E-state index contributed by atoms with van der Waals surface area (Å²) < 4.78 is 50.8. The van der Waals surface area contributed by atoms with Gasteiger partial charge in [0, 0.05) is 22.3 Å². The van der Waals surface area contributed by atoms with Crippen LogP contribution >= 0.6 is 27.5 Å². The zero-order valence-electron chi connectivity index (χ0n) is 18.0. The highest BCUT2D eigenvalue weighted by molar-refractivity contribution is 9.10. The van der Waals surface area contributed by atoms with Crippen LogP contribution in [0.2, 0.25) is 5.02 Å². The molecule has 0 fully saturated rings. The highest BCUT2D eigenvalue weighted by Crippen LogP contribution is 2.38. The Kier molecular flexibility index (Phi) is 8.63. The van der Waals surface area contributed by atoms with E-state index in [9.17, 15) is 18.0 Å². The summed E-state index contributed by atoms with van der Waals surface area (Å²) in [5, 5.41) is 3.01. The second kappa shape index (κ2) is 11.4. The van der Waals surface area contributed by atoms with E-state index in [-0.39, 0.29) is 12.3 Å². The summed E-state index contributed by atoms with van der Waals surface area (Å²) in [6, 6.07) is 15.2. The molecule has 178 valence electrons. The normalized spacial score (nSPS) is 11.5. The molecule has 1 amide bonds. The molecular weight excluding hydrogens is 535 g/mol. The molecule has 1 N–H and O–H groups in total. The Bertz CT molecular complexity index is 1200. The van der Waals surface area contributed by atoms with E-state index in [1.807, 2.05) is 25.1 Å². The molecule has 0 aliphatic rings. The molecule has 34 heavy (non-hydrogen) atoms. The van der Waals surface area contributed by atoms with Crippen molar-refractivity contribution in [3.8, 4) is 11.5 Å². The van der Waals surface area contributed by atoms with Gasteiger partial charge in [0.1, 0.15) is 6.61 Å². The maximum absolute atomic E-state index is 12.9. The van der Waals surface area contributed by atoms with Crippen molar-refractivity contribution in [2.45, 2.75) is 19.7 Å². The van der Waals surface area contributed by atoms with E-state index < -0.39 is 17.6 Å². The number of hydrogen-bond donors (Lipinski definition) is 1. The van der Waals surface area contributed by atoms with Crippen LogP contribution in [0.4, 0.5) is 18.9 Å². The van der Waals surface area contributed by atoms with Crippen LogP contribution in [0.5, 0.6) is 11.5 Å². The minimum absolute atomic E-state index is 0.0454. The summed E-state index contributed by atoms with van der Waals surface area (Å²) in [6.07, 6.45) is -1.75. The van der Waals surface area contributed by atoms with Crippen LogP contribution in [-0.2, 0) is 17.6 Å². The van der Waals surface area contributed by atoms with Crippen LogP contribution in [-0.4, -0.2) is 12.5 Å². The number of amides is 1. The number of carbonyl (C=O) groups excluding carboxylic acids is 1. The van der Waals surface area contributed by atoms with Crippen molar-refractivity contribution in [3.63, 3.8) is 0 Å². The Morgan fingerprint density at radius 1 is 1.09 bits per heavy atom. The first kappa shape index (κ1) is 25.6. The van der Waals surface area contributed by atoms with Gasteiger partial charge in [0.25, 0.3) is 0 Å². The molecule has 0 spiro atoms. The van der Waals surface area contributed by atoms with Crippen molar-refractivity contribution >= 4 is 45.2 Å². The van der Waals surface area contributed by atoms with Gasteiger partial charge in [0.15, 0.2) is 11.5 Å². The maximum atomic E-state index is 12.9. The number of anilines is 1. The predicted molar refractivity (Wildman–Crippen MR) is 130 cm³/mol. The number of carbonyl (C=O) groups is 1. The summed E-state index contributed by atoms with van der Waals surface area (Å²) in [5.41, 5.74) is 0.643. The van der Waals surface area contributed by atoms with Gasteiger partial charge in [-0.25, -0.2) is 0 Å². The third kappa shape index (κ3) is 7.01. The van der Waals surface area contributed by atoms with Crippen molar-refractivity contribution in [1.29, 1.82) is 0 Å². The second-order valence-electron chi connectivity index (χ2n) is 7.04. The van der Waals surface area contributed by atoms with Gasteiger partial charge in [-0.05, 0) is 70.9 Å². The molecule has 0 aliphatic carbocycles. The van der Waals surface area contributed by atoms with Gasteiger partial charge >= 0.3 is 6.18 Å². The number of ether oxygens (including phenoxy) is 2. The zero-order chi connectivity index (χ0) is 24.7. The summed E-state index contributed by atoms with van der Waals surface area (Å²) in [5.74, 6) is 0.363. The number of rotatable bonds is 8. The average Bonchev–Trinajstić information content (AvgIpc) is 2.78. The van der Waals surface area contributed by atoms with Crippen molar-refractivity contribution in [1.82, 2.24) is 0 Å². The highest BCUT2D eigenvalue weighted by atomic mass is 79.9. The van der Waals surface area contributed by atoms with Crippen molar-refractivity contribution in [3.05, 3.63) is 92.9 Å². The fourth-order valence-corrected chi connectivity index (χ4v) is 3.75. The van der Waals surface area contributed by atoms with Gasteiger partial charge in [-0.15, -0.1) is 0 Å². The summed E-state index contributed by atoms with van der Waals surface area (Å²) in [7, 11) is 0. The summed E-state index contributed by atoms with van der Waals surface area (Å²) in [4.78, 5) is 12.2. The molecule has 4 nitrogen and oxygen atoms in total. The molecule has 0 unspecified atom stereocenters. The van der Waals surface area contributed by atoms with E-state index in [1.54, 1.807) is 18.2 Å². The van der Waals surface area contributed by atoms with Gasteiger partial charge in [0.2, 0.25) is 5.91 Å². The standard InChI is InChI=1S/C25H20BrClF3NO3/c1-2-33-22-13-16(12-20(26)24(22)34-15-17-6-3-4-9-21(17)27)10-11-23(32)31-19-8-5-7-18(14-19)25(28,29)30/h3-14H,2,15H2,1H3,(H,31,32)/b11-10+. The molecule has 0 heterocycles. The Hall–Kier alpha value is -2.97. The van der Waals surface area contributed by atoms with Gasteiger partial charge in [-0.2, -0.15) is 13.2 Å². The average molecular weight is 555 g/mol. The third-order valence-electron chi connectivity index (χ3n) is 4.55. The van der Waals surface area contributed by atoms with Crippen molar-refractivity contribution < 1.29 is 27.4 Å². The molecule has 0 aromatic heterocycles. The van der Waals surface area contributed by atoms with Crippen LogP contribution < -0.4 is 14.8 Å². The van der Waals surface area contributed by atoms with Crippen LogP contribution in [0.15, 0.2) is 71.2 Å². The first-order valence-electron chi connectivity index (χ1n) is 10.2. The number of hydrogen-bond acceptors (Lipinski definition) is 3. The fraction of sp³-hybridized carbons (Fsp3) is 0.160. The molecule has 9 heteroatoms. The lowest BCUT2D eigenvalue weighted by atomic mass is 10.1. The van der Waals surface area contributed by atoms with Crippen molar-refractivity contribution in [2.75, 3.05) is 11.9 Å². The first-order chi connectivity index (χ1) is 16.2. The van der Waals surface area contributed by atoms with E-state index in [1.165, 1.54) is 24.3 Å². The topological polar surface area (TPSA) is 47.6 Å². The predicted octanol–water partition coefficient (Wildman–Crippen LogP) is 7.75. The van der Waals surface area contributed by atoms with Gasteiger partial charge < -0.3 is 14.8 Å². The molecule has 0 saturated carbocycles. The van der Waals surface area contributed by atoms with E-state index in [2.05, 4.69) is 21.2 Å². The molecule has 0 atom stereocenters. The Morgan fingerprint density at radius 2 is 1.85 bits per heavy atom. The zero-order valence-corrected chi connectivity index (χ0v) is 20.3. The minimum Gasteiger partial charge on any atom is -0.490 e. The maximum Gasteiger partial charge on any atom is 0.416 e. The number of nitrogens with one attached hydrogen (secondary N) is 1. The van der Waals surface area contributed by atoms with E-state index in [0.29, 0.717) is 33.2 Å². The Balaban J connectivity index is 1.74. The lowest BCUT2D eigenvalue weighted by Gasteiger charge is -2.15. The Morgan fingerprint density at radius 3 is 2.56 bits per heavy atom. The molecule has 3 aromatic rings. The number of benzene rings is 3. The lowest BCUT2D eigenvalue weighted by molar-refractivity contribution is -0.137. The monoisotopic (exact) mass is 553 g/mol. The minimum atomic E-state index is -4.49.